The van der Waals surface area contributed by atoms with E-state index in [9.17, 15) is 0 Å². The fraction of sp³-hybridized carbons (Fsp3) is 0. The maximum atomic E-state index is 4.19. The van der Waals surface area contributed by atoms with Crippen molar-refractivity contribution in [2.24, 2.45) is 5.16 Å². The average molecular weight is 98.9 g/mol. The minimum atomic E-state index is 0. The molecule has 7 heavy (non-hydrogen) atoms. The van der Waals surface area contributed by atoms with Crippen molar-refractivity contribution in [3.8, 4) is 0 Å². The van der Waals surface area contributed by atoms with Gasteiger partial charge in [0.1, 0.15) is 6.26 Å². The molecule has 0 saturated carbocycles. The van der Waals surface area contributed by atoms with Crippen molar-refractivity contribution in [2.45, 2.75) is 0 Å². The number of rotatable bonds is 0. The second-order valence-corrected chi connectivity index (χ2v) is 0.754. The molecule has 4 heteroatoms. The SMILES string of the molecule is B.C1=COON=C1. The van der Waals surface area contributed by atoms with Crippen LogP contribution in [0.4, 0.5) is 0 Å². The van der Waals surface area contributed by atoms with E-state index in [1.54, 1.807) is 6.08 Å². The van der Waals surface area contributed by atoms with Crippen molar-refractivity contribution in [3.63, 3.8) is 0 Å². The molecule has 0 spiro atoms. The molecule has 0 radical (unpaired) electrons. The summed E-state index contributed by atoms with van der Waals surface area (Å²) in [5.41, 5.74) is 0. The van der Waals surface area contributed by atoms with Crippen LogP contribution in [0.25, 0.3) is 0 Å². The molecule has 1 rings (SSSR count). The minimum absolute atomic E-state index is 0. The Labute approximate surface area is 43.1 Å². The fourth-order valence-electron chi connectivity index (χ4n) is 0.177. The van der Waals surface area contributed by atoms with E-state index >= 15 is 0 Å². The molecular weight excluding hydrogens is 92.9 g/mol. The van der Waals surface area contributed by atoms with Gasteiger partial charge in [0.05, 0.1) is 14.6 Å². The average Bonchev–Trinajstić information content (AvgIpc) is 1.72. The number of allylic oxidation sites excluding steroid dienone is 1. The maximum Gasteiger partial charge on any atom is 0.147 e. The molecule has 0 aromatic heterocycles. The Hall–Kier alpha value is -0.925. The molecule has 0 aromatic rings. The summed E-state index contributed by atoms with van der Waals surface area (Å²) in [4.78, 5) is 8.24. The Morgan fingerprint density at radius 2 is 2.29 bits per heavy atom. The second-order valence-electron chi connectivity index (χ2n) is 0.754. The van der Waals surface area contributed by atoms with Gasteiger partial charge in [0.15, 0.2) is 0 Å². The smallest absolute Gasteiger partial charge is 0.147 e. The van der Waals surface area contributed by atoms with Crippen molar-refractivity contribution in [2.75, 3.05) is 0 Å². The zero-order valence-electron chi connectivity index (χ0n) is 3.00. The van der Waals surface area contributed by atoms with Crippen molar-refractivity contribution in [3.05, 3.63) is 12.3 Å². The summed E-state index contributed by atoms with van der Waals surface area (Å²) in [6.45, 7) is 0. The Kier molecular flexibility index (Phi) is 2.84. The topological polar surface area (TPSA) is 30.8 Å². The number of hydrogen-bond acceptors (Lipinski definition) is 3. The lowest BCUT2D eigenvalue weighted by Crippen LogP contribution is -1.82. The van der Waals surface area contributed by atoms with Gasteiger partial charge in [0.2, 0.25) is 0 Å². The summed E-state index contributed by atoms with van der Waals surface area (Å²) in [6.07, 6.45) is 4.51. The third-order valence-electron chi connectivity index (χ3n) is 0.367. The molecule has 0 N–H and O–H groups in total. The summed E-state index contributed by atoms with van der Waals surface area (Å²) in [6, 6.07) is 0. The molecule has 0 aromatic carbocycles. The largest absolute Gasteiger partial charge is 0.275 e. The monoisotopic (exact) mass is 99.0 g/mol. The molecular formula is C3H6BNO2. The Morgan fingerprint density at radius 1 is 1.43 bits per heavy atom. The first-order valence-corrected chi connectivity index (χ1v) is 1.51. The third-order valence-corrected chi connectivity index (χ3v) is 0.367. The van der Waals surface area contributed by atoms with E-state index in [1.165, 1.54) is 12.5 Å². The van der Waals surface area contributed by atoms with Crippen LogP contribution in [-0.4, -0.2) is 14.6 Å². The number of nitrogens with zero attached hydrogens (tertiary/aromatic N) is 1. The van der Waals surface area contributed by atoms with E-state index in [2.05, 4.69) is 15.0 Å². The van der Waals surface area contributed by atoms with E-state index in [-0.39, 0.29) is 8.41 Å². The van der Waals surface area contributed by atoms with Crippen molar-refractivity contribution < 1.29 is 9.88 Å². The minimum Gasteiger partial charge on any atom is -0.275 e. The van der Waals surface area contributed by atoms with Gasteiger partial charge in [-0.25, -0.2) is 0 Å². The van der Waals surface area contributed by atoms with Crippen LogP contribution in [-0.2, 0) is 9.88 Å². The lowest BCUT2D eigenvalue weighted by molar-refractivity contribution is -0.251. The van der Waals surface area contributed by atoms with Gasteiger partial charge >= 0.3 is 0 Å². The van der Waals surface area contributed by atoms with Crippen LogP contribution in [0.3, 0.4) is 0 Å². The van der Waals surface area contributed by atoms with Crippen LogP contribution >= 0.6 is 0 Å². The summed E-state index contributed by atoms with van der Waals surface area (Å²) < 4.78 is 0. The first-order valence-electron chi connectivity index (χ1n) is 1.51. The highest BCUT2D eigenvalue weighted by Crippen LogP contribution is 1.84. The Bertz CT molecular complexity index is 78.9. The van der Waals surface area contributed by atoms with Gasteiger partial charge in [-0.05, 0) is 11.2 Å². The van der Waals surface area contributed by atoms with Crippen LogP contribution < -0.4 is 0 Å². The summed E-state index contributed by atoms with van der Waals surface area (Å²) in [5.74, 6) is 0. The van der Waals surface area contributed by atoms with Gasteiger partial charge in [-0.2, -0.15) is 4.99 Å². The van der Waals surface area contributed by atoms with E-state index in [1.807, 2.05) is 0 Å². The van der Waals surface area contributed by atoms with Gasteiger partial charge in [0.25, 0.3) is 0 Å². The quantitative estimate of drug-likeness (QED) is 0.296. The highest BCUT2D eigenvalue weighted by Gasteiger charge is 1.77. The summed E-state index contributed by atoms with van der Waals surface area (Å²) >= 11 is 0. The highest BCUT2D eigenvalue weighted by molar-refractivity contribution is 5.75. The van der Waals surface area contributed by atoms with Crippen LogP contribution in [0.1, 0.15) is 0 Å². The predicted octanol–water partition coefficient (Wildman–Crippen LogP) is -0.736. The van der Waals surface area contributed by atoms with E-state index in [0.29, 0.717) is 0 Å². The van der Waals surface area contributed by atoms with Gasteiger partial charge in [-0.15, -0.1) is 0 Å². The van der Waals surface area contributed by atoms with E-state index < -0.39 is 0 Å². The summed E-state index contributed by atoms with van der Waals surface area (Å²) in [7, 11) is 0. The van der Waals surface area contributed by atoms with Crippen LogP contribution in [0.2, 0.25) is 0 Å². The molecule has 3 nitrogen and oxygen atoms in total. The first kappa shape index (κ1) is 6.07. The second kappa shape index (κ2) is 3.27. The van der Waals surface area contributed by atoms with Crippen LogP contribution in [0.5, 0.6) is 0 Å². The molecule has 0 unspecified atom stereocenters. The maximum absolute atomic E-state index is 4.19. The van der Waals surface area contributed by atoms with Crippen LogP contribution in [0, 0.1) is 0 Å². The van der Waals surface area contributed by atoms with Gasteiger partial charge < -0.3 is 0 Å². The normalized spacial score (nSPS) is 13.7. The summed E-state index contributed by atoms with van der Waals surface area (Å²) in [5, 5.41) is 3.24. The lowest BCUT2D eigenvalue weighted by atomic mass is 10.7. The molecule has 1 heterocycles. The van der Waals surface area contributed by atoms with Crippen molar-refractivity contribution in [1.29, 1.82) is 0 Å². The molecule has 0 aliphatic carbocycles. The Balaban J connectivity index is 0.000000360. The zero-order chi connectivity index (χ0) is 4.24. The Morgan fingerprint density at radius 3 is 2.43 bits per heavy atom. The van der Waals surface area contributed by atoms with E-state index in [4.69, 9.17) is 0 Å². The number of hydrogen-bond donors (Lipinski definition) is 0. The van der Waals surface area contributed by atoms with Gasteiger partial charge in [-0.1, -0.05) is 0 Å². The molecule has 0 saturated heterocycles. The van der Waals surface area contributed by atoms with Gasteiger partial charge in [0, 0.05) is 0 Å². The molecule has 0 fully saturated rings. The first-order chi connectivity index (χ1) is 3.00. The molecule has 0 amide bonds. The highest BCUT2D eigenvalue weighted by atomic mass is 17.3. The fourth-order valence-corrected chi connectivity index (χ4v) is 0.177. The molecule has 0 atom stereocenters. The predicted molar refractivity (Wildman–Crippen MR) is 29.7 cm³/mol. The molecule has 1 aliphatic rings. The molecule has 0 bridgehead atoms. The molecule has 1 aliphatic heterocycles. The van der Waals surface area contributed by atoms with Crippen molar-refractivity contribution in [1.82, 2.24) is 0 Å². The van der Waals surface area contributed by atoms with Crippen molar-refractivity contribution >= 4 is 14.6 Å². The molecule has 38 valence electrons. The third kappa shape index (κ3) is 1.86. The van der Waals surface area contributed by atoms with Crippen LogP contribution in [0.15, 0.2) is 17.5 Å². The lowest BCUT2D eigenvalue weighted by Gasteiger charge is -1.92. The van der Waals surface area contributed by atoms with E-state index in [0.717, 1.165) is 0 Å². The standard InChI is InChI=1S/C3H3NO2.BH3/c1-2-4-6-5-3-1;/h1-3H;1H3. The zero-order valence-corrected chi connectivity index (χ0v) is 3.00. The van der Waals surface area contributed by atoms with Gasteiger partial charge in [-0.3, -0.25) is 4.89 Å². The number of oxime groups is 1.